The van der Waals surface area contributed by atoms with Crippen molar-refractivity contribution in [3.8, 4) is 5.75 Å². The lowest BCUT2D eigenvalue weighted by Crippen LogP contribution is -2.38. The summed E-state index contributed by atoms with van der Waals surface area (Å²) in [5.41, 5.74) is -0.251. The molecule has 0 radical (unpaired) electrons. The van der Waals surface area contributed by atoms with E-state index in [-0.39, 0.29) is 11.5 Å². The van der Waals surface area contributed by atoms with Gasteiger partial charge in [0, 0.05) is 5.02 Å². The number of rotatable bonds is 7. The number of nitrogens with zero attached hydrogens (tertiary/aromatic N) is 8. The minimum atomic E-state index is -0.520. The van der Waals surface area contributed by atoms with Crippen LogP contribution < -0.4 is 4.74 Å². The molecule has 3 rings (SSSR count). The SMILES string of the molecule is CN(C)Cc1nnnn1[C@H]([C@H](Oc1ccc(Cl)cc1)n1cncn1)C(C)(C)C. The lowest BCUT2D eigenvalue weighted by Gasteiger charge is -2.37. The predicted octanol–water partition coefficient (Wildman–Crippen LogP) is 2.84. The van der Waals surface area contributed by atoms with Gasteiger partial charge in [-0.3, -0.25) is 0 Å². The highest BCUT2D eigenvalue weighted by molar-refractivity contribution is 6.30. The van der Waals surface area contributed by atoms with Crippen LogP contribution in [-0.2, 0) is 6.54 Å². The number of aromatic nitrogens is 7. The highest BCUT2D eigenvalue weighted by Gasteiger charge is 2.40. The fourth-order valence-corrected chi connectivity index (χ4v) is 3.12. The van der Waals surface area contributed by atoms with Gasteiger partial charge >= 0.3 is 0 Å². The molecule has 0 unspecified atom stereocenters. The standard InChI is InChI=1S/C18H25ClN8O/c1-18(2,3)16(27-15(10-25(4)5)22-23-24-27)17(26-12-20-11-21-26)28-14-8-6-13(19)7-9-14/h6-9,11-12,16-17H,10H2,1-5H3/t16-,17+/m1/s1. The number of halogens is 1. The van der Waals surface area contributed by atoms with Gasteiger partial charge in [-0.2, -0.15) is 5.10 Å². The monoisotopic (exact) mass is 404 g/mol. The zero-order valence-electron chi connectivity index (χ0n) is 16.7. The zero-order chi connectivity index (χ0) is 20.3. The fourth-order valence-electron chi connectivity index (χ4n) is 3.00. The maximum Gasteiger partial charge on any atom is 0.215 e. The van der Waals surface area contributed by atoms with Crippen molar-refractivity contribution in [3.63, 3.8) is 0 Å². The van der Waals surface area contributed by atoms with E-state index >= 15 is 0 Å². The van der Waals surface area contributed by atoms with E-state index in [1.165, 1.54) is 6.33 Å². The van der Waals surface area contributed by atoms with Crippen molar-refractivity contribution in [3.05, 3.63) is 47.8 Å². The van der Waals surface area contributed by atoms with Crippen molar-refractivity contribution in [2.24, 2.45) is 5.41 Å². The molecule has 0 saturated carbocycles. The Morgan fingerprint density at radius 2 is 1.89 bits per heavy atom. The molecule has 0 fully saturated rings. The van der Waals surface area contributed by atoms with Gasteiger partial charge in [-0.1, -0.05) is 32.4 Å². The van der Waals surface area contributed by atoms with Crippen LogP contribution in [0.4, 0.5) is 0 Å². The molecule has 0 aliphatic heterocycles. The van der Waals surface area contributed by atoms with Gasteiger partial charge in [0.25, 0.3) is 0 Å². The van der Waals surface area contributed by atoms with Crippen LogP contribution in [0.1, 0.15) is 38.9 Å². The number of tetrazole rings is 1. The summed E-state index contributed by atoms with van der Waals surface area (Å²) < 4.78 is 9.87. The minimum absolute atomic E-state index is 0.251. The second-order valence-corrected chi connectivity index (χ2v) is 8.36. The molecule has 0 spiro atoms. The molecule has 150 valence electrons. The third-order valence-corrected chi connectivity index (χ3v) is 4.46. The molecule has 0 saturated heterocycles. The first kappa shape index (κ1) is 20.2. The number of benzene rings is 1. The van der Waals surface area contributed by atoms with E-state index in [0.29, 0.717) is 17.3 Å². The summed E-state index contributed by atoms with van der Waals surface area (Å²) in [7, 11) is 3.95. The van der Waals surface area contributed by atoms with Crippen molar-refractivity contribution in [1.29, 1.82) is 0 Å². The quantitative estimate of drug-likeness (QED) is 0.598. The van der Waals surface area contributed by atoms with Gasteiger partial charge in [-0.05, 0) is 54.2 Å². The van der Waals surface area contributed by atoms with Gasteiger partial charge in [0.05, 0.1) is 6.54 Å². The van der Waals surface area contributed by atoms with Crippen LogP contribution in [0.5, 0.6) is 5.75 Å². The van der Waals surface area contributed by atoms with Gasteiger partial charge < -0.3 is 9.64 Å². The van der Waals surface area contributed by atoms with Crippen molar-refractivity contribution < 1.29 is 4.74 Å². The summed E-state index contributed by atoms with van der Waals surface area (Å²) in [4.78, 5) is 6.12. The van der Waals surface area contributed by atoms with E-state index in [1.807, 2.05) is 35.8 Å². The van der Waals surface area contributed by atoms with E-state index in [4.69, 9.17) is 16.3 Å². The third kappa shape index (κ3) is 4.66. The van der Waals surface area contributed by atoms with Crippen molar-refractivity contribution >= 4 is 11.6 Å². The van der Waals surface area contributed by atoms with Crippen molar-refractivity contribution in [2.75, 3.05) is 14.1 Å². The Bertz CT molecular complexity index is 870. The maximum absolute atomic E-state index is 6.36. The predicted molar refractivity (Wildman–Crippen MR) is 105 cm³/mol. The molecule has 0 aliphatic rings. The summed E-state index contributed by atoms with van der Waals surface area (Å²) in [6.45, 7) is 6.96. The van der Waals surface area contributed by atoms with E-state index < -0.39 is 6.23 Å². The van der Waals surface area contributed by atoms with Crippen LogP contribution in [0.25, 0.3) is 0 Å². The van der Waals surface area contributed by atoms with E-state index in [0.717, 1.165) is 5.82 Å². The summed E-state index contributed by atoms with van der Waals surface area (Å²) in [5, 5.41) is 17.4. The summed E-state index contributed by atoms with van der Waals surface area (Å²) in [6.07, 6.45) is 2.60. The second kappa shape index (κ2) is 8.24. The van der Waals surface area contributed by atoms with Gasteiger partial charge in [0.1, 0.15) is 24.4 Å². The number of ether oxygens (including phenoxy) is 1. The smallest absolute Gasteiger partial charge is 0.215 e. The Morgan fingerprint density at radius 3 is 2.46 bits per heavy atom. The molecular formula is C18H25ClN8O. The third-order valence-electron chi connectivity index (χ3n) is 4.21. The van der Waals surface area contributed by atoms with Gasteiger partial charge in [0.15, 0.2) is 5.82 Å². The number of hydrogen-bond acceptors (Lipinski definition) is 7. The molecule has 0 N–H and O–H groups in total. The molecule has 0 bridgehead atoms. The van der Waals surface area contributed by atoms with Crippen LogP contribution in [0, 0.1) is 5.41 Å². The van der Waals surface area contributed by atoms with E-state index in [2.05, 4.69) is 46.4 Å². The van der Waals surface area contributed by atoms with E-state index in [9.17, 15) is 0 Å². The van der Waals surface area contributed by atoms with Crippen molar-refractivity contribution in [1.82, 2.24) is 39.9 Å². The molecule has 9 nitrogen and oxygen atoms in total. The zero-order valence-corrected chi connectivity index (χ0v) is 17.4. The Morgan fingerprint density at radius 1 is 1.18 bits per heavy atom. The fraction of sp³-hybridized carbons (Fsp3) is 0.500. The Labute approximate surface area is 169 Å². The first-order valence-electron chi connectivity index (χ1n) is 8.93. The van der Waals surface area contributed by atoms with Crippen LogP contribution >= 0.6 is 11.6 Å². The summed E-state index contributed by atoms with van der Waals surface area (Å²) >= 11 is 6.01. The van der Waals surface area contributed by atoms with Gasteiger partial charge in [-0.15, -0.1) is 5.10 Å². The topological polar surface area (TPSA) is 86.8 Å². The molecular weight excluding hydrogens is 380 g/mol. The first-order chi connectivity index (χ1) is 13.3. The second-order valence-electron chi connectivity index (χ2n) is 7.93. The van der Waals surface area contributed by atoms with Gasteiger partial charge in [-0.25, -0.2) is 14.3 Å². The number of hydrogen-bond donors (Lipinski definition) is 0. The molecule has 0 amide bonds. The molecule has 28 heavy (non-hydrogen) atoms. The Kier molecular flexibility index (Phi) is 5.95. The normalized spacial score (nSPS) is 14.2. The molecule has 2 heterocycles. The van der Waals surface area contributed by atoms with Gasteiger partial charge in [0.2, 0.25) is 6.23 Å². The molecule has 0 aliphatic carbocycles. The molecule has 2 aromatic heterocycles. The Hall–Kier alpha value is -2.52. The first-order valence-corrected chi connectivity index (χ1v) is 9.31. The highest BCUT2D eigenvalue weighted by atomic mass is 35.5. The molecule has 10 heteroatoms. The van der Waals surface area contributed by atoms with Crippen LogP contribution in [0.15, 0.2) is 36.9 Å². The lowest BCUT2D eigenvalue weighted by molar-refractivity contribution is -0.000970. The average Bonchev–Trinajstić information content (AvgIpc) is 3.27. The molecule has 3 aromatic rings. The molecule has 1 aromatic carbocycles. The maximum atomic E-state index is 6.36. The average molecular weight is 405 g/mol. The van der Waals surface area contributed by atoms with Crippen LogP contribution in [0.2, 0.25) is 5.02 Å². The largest absolute Gasteiger partial charge is 0.466 e. The van der Waals surface area contributed by atoms with Crippen LogP contribution in [-0.4, -0.2) is 54.0 Å². The molecule has 2 atom stereocenters. The van der Waals surface area contributed by atoms with E-state index in [1.54, 1.807) is 23.1 Å². The Balaban J connectivity index is 2.05. The minimum Gasteiger partial charge on any atom is -0.466 e. The van der Waals surface area contributed by atoms with Crippen molar-refractivity contribution in [2.45, 2.75) is 39.6 Å². The highest BCUT2D eigenvalue weighted by Crippen LogP contribution is 2.40. The summed E-state index contributed by atoms with van der Waals surface area (Å²) in [5.74, 6) is 1.41. The van der Waals surface area contributed by atoms with Crippen LogP contribution in [0.3, 0.4) is 0 Å². The lowest BCUT2D eigenvalue weighted by atomic mass is 9.85. The summed E-state index contributed by atoms with van der Waals surface area (Å²) in [6, 6.07) is 6.97.